The number of carbonyl (C=O) groups excluding carboxylic acids is 1. The van der Waals surface area contributed by atoms with Crippen LogP contribution in [0.2, 0.25) is 5.02 Å². The Morgan fingerprint density at radius 3 is 2.65 bits per heavy atom. The van der Waals surface area contributed by atoms with Gasteiger partial charge in [-0.3, -0.25) is 14.4 Å². The second-order valence-corrected chi connectivity index (χ2v) is 7.65. The van der Waals surface area contributed by atoms with E-state index in [1.54, 1.807) is 0 Å². The summed E-state index contributed by atoms with van der Waals surface area (Å²) in [7, 11) is 0. The highest BCUT2D eigenvalue weighted by Crippen LogP contribution is 2.34. The molecular formula is C23H24ClN5O2. The van der Waals surface area contributed by atoms with Crippen molar-refractivity contribution in [3.05, 3.63) is 70.3 Å². The molecule has 2 heterocycles. The summed E-state index contributed by atoms with van der Waals surface area (Å²) in [6.45, 7) is 6.85. The maximum atomic E-state index is 12.5. The van der Waals surface area contributed by atoms with Crippen LogP contribution in [0.25, 0.3) is 5.69 Å². The molecule has 1 aliphatic heterocycles. The fourth-order valence-electron chi connectivity index (χ4n) is 3.75. The Kier molecular flexibility index (Phi) is 6.04. The largest absolute Gasteiger partial charge is 0.494 e. The van der Waals surface area contributed by atoms with Crippen molar-refractivity contribution in [1.29, 1.82) is 0 Å². The SMILES string of the molecule is CCNC(=O)C[C@@H]1N=C(c2ccc(Cl)cc2)c2ccc(OCC)cc2-n2c(C)nnc21. The Labute approximate surface area is 186 Å². The minimum atomic E-state index is -0.485. The van der Waals surface area contributed by atoms with Crippen LogP contribution in [0.4, 0.5) is 0 Å². The number of rotatable bonds is 6. The molecule has 2 aromatic carbocycles. The normalized spacial score (nSPS) is 14.8. The number of nitrogens with one attached hydrogen (secondary N) is 1. The number of carbonyl (C=O) groups is 1. The molecular weight excluding hydrogens is 414 g/mol. The second kappa shape index (κ2) is 8.89. The third kappa shape index (κ3) is 4.18. The third-order valence-corrected chi connectivity index (χ3v) is 5.33. The summed E-state index contributed by atoms with van der Waals surface area (Å²) in [5.74, 6) is 2.01. The molecule has 1 atom stereocenters. The molecule has 1 aliphatic rings. The fraction of sp³-hybridized carbons (Fsp3) is 0.304. The lowest BCUT2D eigenvalue weighted by atomic mass is 10.00. The zero-order valence-electron chi connectivity index (χ0n) is 17.7. The summed E-state index contributed by atoms with van der Waals surface area (Å²) in [6, 6.07) is 12.9. The number of hydrogen-bond acceptors (Lipinski definition) is 5. The monoisotopic (exact) mass is 437 g/mol. The molecule has 31 heavy (non-hydrogen) atoms. The van der Waals surface area contributed by atoms with Gasteiger partial charge in [0.15, 0.2) is 5.82 Å². The van der Waals surface area contributed by atoms with Crippen LogP contribution >= 0.6 is 11.6 Å². The Balaban J connectivity index is 1.94. The molecule has 0 saturated heterocycles. The van der Waals surface area contributed by atoms with Gasteiger partial charge in [0.25, 0.3) is 0 Å². The Morgan fingerprint density at radius 2 is 1.94 bits per heavy atom. The molecule has 0 spiro atoms. The average molecular weight is 438 g/mol. The summed E-state index contributed by atoms with van der Waals surface area (Å²) < 4.78 is 7.72. The summed E-state index contributed by atoms with van der Waals surface area (Å²) in [6.07, 6.45) is 0.176. The van der Waals surface area contributed by atoms with E-state index in [0.717, 1.165) is 34.1 Å². The van der Waals surface area contributed by atoms with Gasteiger partial charge in [-0.25, -0.2) is 0 Å². The molecule has 0 radical (unpaired) electrons. The van der Waals surface area contributed by atoms with Gasteiger partial charge >= 0.3 is 0 Å². The second-order valence-electron chi connectivity index (χ2n) is 7.21. The van der Waals surface area contributed by atoms with Crippen LogP contribution < -0.4 is 10.1 Å². The summed E-state index contributed by atoms with van der Waals surface area (Å²) in [5.41, 5.74) is 3.46. The van der Waals surface area contributed by atoms with Gasteiger partial charge in [0, 0.05) is 28.8 Å². The molecule has 0 aliphatic carbocycles. The first kappa shape index (κ1) is 21.1. The van der Waals surface area contributed by atoms with E-state index in [0.29, 0.717) is 24.0 Å². The van der Waals surface area contributed by atoms with Gasteiger partial charge in [0.2, 0.25) is 5.91 Å². The van der Waals surface area contributed by atoms with Crippen molar-refractivity contribution in [2.24, 2.45) is 4.99 Å². The molecule has 1 amide bonds. The number of halogens is 1. The van der Waals surface area contributed by atoms with Gasteiger partial charge in [-0.2, -0.15) is 0 Å². The van der Waals surface area contributed by atoms with E-state index in [1.807, 2.05) is 67.8 Å². The maximum Gasteiger partial charge on any atom is 0.222 e. The van der Waals surface area contributed by atoms with Crippen molar-refractivity contribution in [3.63, 3.8) is 0 Å². The number of ether oxygens (including phenoxy) is 1. The van der Waals surface area contributed by atoms with Gasteiger partial charge in [0.05, 0.1) is 24.4 Å². The van der Waals surface area contributed by atoms with Crippen molar-refractivity contribution < 1.29 is 9.53 Å². The zero-order chi connectivity index (χ0) is 22.0. The first-order valence-electron chi connectivity index (χ1n) is 10.3. The molecule has 0 bridgehead atoms. The fourth-order valence-corrected chi connectivity index (χ4v) is 3.87. The average Bonchev–Trinajstić information content (AvgIpc) is 3.07. The molecule has 1 aromatic heterocycles. The van der Waals surface area contributed by atoms with E-state index in [1.165, 1.54) is 0 Å². The van der Waals surface area contributed by atoms with Crippen LogP contribution in [-0.2, 0) is 4.79 Å². The van der Waals surface area contributed by atoms with Crippen LogP contribution in [0.5, 0.6) is 5.75 Å². The highest BCUT2D eigenvalue weighted by Gasteiger charge is 2.29. The van der Waals surface area contributed by atoms with Crippen molar-refractivity contribution in [3.8, 4) is 11.4 Å². The van der Waals surface area contributed by atoms with E-state index in [9.17, 15) is 4.79 Å². The summed E-state index contributed by atoms with van der Waals surface area (Å²) in [4.78, 5) is 17.5. The Morgan fingerprint density at radius 1 is 1.16 bits per heavy atom. The van der Waals surface area contributed by atoms with Crippen LogP contribution in [0, 0.1) is 6.92 Å². The van der Waals surface area contributed by atoms with Gasteiger partial charge in [0.1, 0.15) is 17.6 Å². The maximum absolute atomic E-state index is 12.5. The van der Waals surface area contributed by atoms with Gasteiger partial charge in [-0.15, -0.1) is 10.2 Å². The first-order valence-corrected chi connectivity index (χ1v) is 10.7. The van der Waals surface area contributed by atoms with Crippen LogP contribution in [0.1, 0.15) is 49.1 Å². The number of nitrogens with zero attached hydrogens (tertiary/aromatic N) is 4. The number of aliphatic imine (C=N–C) groups is 1. The molecule has 8 heteroatoms. The molecule has 0 fully saturated rings. The van der Waals surface area contributed by atoms with Gasteiger partial charge in [-0.05, 0) is 45.0 Å². The quantitative estimate of drug-likeness (QED) is 0.630. The smallest absolute Gasteiger partial charge is 0.222 e. The lowest BCUT2D eigenvalue weighted by Crippen LogP contribution is -2.25. The highest BCUT2D eigenvalue weighted by molar-refractivity contribution is 6.30. The number of amides is 1. The lowest BCUT2D eigenvalue weighted by Gasteiger charge is -2.14. The highest BCUT2D eigenvalue weighted by atomic mass is 35.5. The Bertz CT molecular complexity index is 1140. The lowest BCUT2D eigenvalue weighted by molar-refractivity contribution is -0.121. The molecule has 1 N–H and O–H groups in total. The van der Waals surface area contributed by atoms with Crippen molar-refractivity contribution in [1.82, 2.24) is 20.1 Å². The van der Waals surface area contributed by atoms with Crippen LogP contribution in [0.15, 0.2) is 47.5 Å². The standard InChI is InChI=1S/C23H24ClN5O2/c1-4-25-21(30)13-19-23-28-27-14(3)29(23)20-12-17(31-5-2)10-11-18(20)22(26-19)15-6-8-16(24)9-7-15/h6-12,19H,4-5,13H2,1-3H3,(H,25,30)/t19-/m0/s1. The molecule has 3 aromatic rings. The van der Waals surface area contributed by atoms with E-state index in [2.05, 4.69) is 15.5 Å². The van der Waals surface area contributed by atoms with E-state index >= 15 is 0 Å². The first-order chi connectivity index (χ1) is 15.0. The predicted molar refractivity (Wildman–Crippen MR) is 120 cm³/mol. The molecule has 160 valence electrons. The van der Waals surface area contributed by atoms with E-state index in [4.69, 9.17) is 21.3 Å². The molecule has 0 saturated carbocycles. The van der Waals surface area contributed by atoms with E-state index < -0.39 is 6.04 Å². The zero-order valence-corrected chi connectivity index (χ0v) is 18.5. The number of hydrogen-bond donors (Lipinski definition) is 1. The predicted octanol–water partition coefficient (Wildman–Crippen LogP) is 4.05. The minimum Gasteiger partial charge on any atom is -0.494 e. The molecule has 0 unspecified atom stereocenters. The van der Waals surface area contributed by atoms with Crippen LogP contribution in [-0.4, -0.2) is 39.5 Å². The van der Waals surface area contributed by atoms with Crippen molar-refractivity contribution in [2.45, 2.75) is 33.2 Å². The number of aromatic nitrogens is 3. The third-order valence-electron chi connectivity index (χ3n) is 5.08. The van der Waals surface area contributed by atoms with Gasteiger partial charge in [-0.1, -0.05) is 23.7 Å². The van der Waals surface area contributed by atoms with Crippen LogP contribution in [0.3, 0.4) is 0 Å². The van der Waals surface area contributed by atoms with Crippen molar-refractivity contribution in [2.75, 3.05) is 13.2 Å². The van der Waals surface area contributed by atoms with E-state index in [-0.39, 0.29) is 12.3 Å². The number of aryl methyl sites for hydroxylation is 1. The molecule has 7 nitrogen and oxygen atoms in total. The van der Waals surface area contributed by atoms with Crippen molar-refractivity contribution >= 4 is 23.2 Å². The number of fused-ring (bicyclic) bond motifs is 3. The topological polar surface area (TPSA) is 81.4 Å². The molecule has 4 rings (SSSR count). The summed E-state index contributed by atoms with van der Waals surface area (Å²) >= 11 is 6.12. The number of benzene rings is 2. The van der Waals surface area contributed by atoms with Gasteiger partial charge < -0.3 is 10.1 Å². The Hall–Kier alpha value is -3.19. The summed E-state index contributed by atoms with van der Waals surface area (Å²) in [5, 5.41) is 12.2. The minimum absolute atomic E-state index is 0.0835.